The minimum Gasteiger partial charge on any atom is -0.344 e. The van der Waals surface area contributed by atoms with E-state index in [1.54, 1.807) is 0 Å². The largest absolute Gasteiger partial charge is 0.344 e. The van der Waals surface area contributed by atoms with Crippen LogP contribution < -0.4 is 10.2 Å². The summed E-state index contributed by atoms with van der Waals surface area (Å²) in [5.41, 5.74) is 1.38. The highest BCUT2D eigenvalue weighted by atomic mass is 32.1. The number of aromatic nitrogens is 1. The summed E-state index contributed by atoms with van der Waals surface area (Å²) in [5, 5.41) is 4.55. The Bertz CT molecular complexity index is 455. The molecular formula is C15H26N4S. The van der Waals surface area contributed by atoms with Gasteiger partial charge in [0.15, 0.2) is 5.13 Å². The summed E-state index contributed by atoms with van der Waals surface area (Å²) < 4.78 is 0. The third-order valence-electron chi connectivity index (χ3n) is 4.31. The van der Waals surface area contributed by atoms with E-state index in [1.165, 1.54) is 41.5 Å². The molecule has 1 aliphatic heterocycles. The van der Waals surface area contributed by atoms with Crippen LogP contribution in [0.5, 0.6) is 0 Å². The number of thiazole rings is 1. The molecule has 0 spiro atoms. The summed E-state index contributed by atoms with van der Waals surface area (Å²) in [5.74, 6) is 0.744. The lowest BCUT2D eigenvalue weighted by Gasteiger charge is -2.27. The van der Waals surface area contributed by atoms with Gasteiger partial charge >= 0.3 is 0 Å². The summed E-state index contributed by atoms with van der Waals surface area (Å²) in [6.45, 7) is 6.77. The Morgan fingerprint density at radius 1 is 1.35 bits per heavy atom. The molecule has 0 bridgehead atoms. The molecule has 1 aliphatic carbocycles. The molecule has 5 heteroatoms. The predicted molar refractivity (Wildman–Crippen MR) is 85.8 cm³/mol. The van der Waals surface area contributed by atoms with Gasteiger partial charge in [0.1, 0.15) is 0 Å². The molecule has 2 heterocycles. The van der Waals surface area contributed by atoms with E-state index in [-0.39, 0.29) is 0 Å². The lowest BCUT2D eigenvalue weighted by atomic mass is 10.2. The van der Waals surface area contributed by atoms with Gasteiger partial charge in [0, 0.05) is 36.5 Å². The van der Waals surface area contributed by atoms with E-state index in [9.17, 15) is 0 Å². The number of hydrogen-bond acceptors (Lipinski definition) is 5. The third kappa shape index (κ3) is 3.00. The van der Waals surface area contributed by atoms with Crippen LogP contribution in [0, 0.1) is 0 Å². The van der Waals surface area contributed by atoms with Crippen molar-refractivity contribution in [2.75, 3.05) is 38.6 Å². The van der Waals surface area contributed by atoms with Crippen LogP contribution in [0.25, 0.3) is 0 Å². The smallest absolute Gasteiger partial charge is 0.186 e. The fourth-order valence-corrected chi connectivity index (χ4v) is 4.38. The van der Waals surface area contributed by atoms with Crippen LogP contribution in [0.1, 0.15) is 42.7 Å². The van der Waals surface area contributed by atoms with E-state index in [1.807, 2.05) is 18.4 Å². The summed E-state index contributed by atoms with van der Waals surface area (Å²) in [6, 6.07) is 0.558. The molecule has 1 aromatic rings. The first-order valence-corrected chi connectivity index (χ1v) is 8.60. The van der Waals surface area contributed by atoms with Gasteiger partial charge in [-0.15, -0.1) is 11.3 Å². The fourth-order valence-electron chi connectivity index (χ4n) is 3.09. The van der Waals surface area contributed by atoms with Crippen molar-refractivity contribution in [1.29, 1.82) is 0 Å². The lowest BCUT2D eigenvalue weighted by Crippen LogP contribution is -2.37. The Kier molecular flexibility index (Phi) is 4.29. The summed E-state index contributed by atoms with van der Waals surface area (Å²) >= 11 is 1.91. The SMILES string of the molecule is CNCc1sc(N2CCCN(C)CC2C)nc1C1CC1. The van der Waals surface area contributed by atoms with Crippen LogP contribution in [0.15, 0.2) is 0 Å². The topological polar surface area (TPSA) is 31.4 Å². The Morgan fingerprint density at radius 3 is 2.85 bits per heavy atom. The van der Waals surface area contributed by atoms with Gasteiger partial charge in [-0.25, -0.2) is 4.98 Å². The molecule has 112 valence electrons. The second kappa shape index (κ2) is 6.00. The van der Waals surface area contributed by atoms with Gasteiger partial charge in [0.2, 0.25) is 0 Å². The Hall–Kier alpha value is -0.650. The number of anilines is 1. The van der Waals surface area contributed by atoms with Crippen LogP contribution in [0.3, 0.4) is 0 Å². The molecule has 0 radical (unpaired) electrons. The van der Waals surface area contributed by atoms with Crippen molar-refractivity contribution in [3.05, 3.63) is 10.6 Å². The van der Waals surface area contributed by atoms with Gasteiger partial charge in [-0.2, -0.15) is 0 Å². The lowest BCUT2D eigenvalue weighted by molar-refractivity contribution is 0.337. The molecule has 1 aromatic heterocycles. The van der Waals surface area contributed by atoms with Gasteiger partial charge in [-0.1, -0.05) is 0 Å². The molecule has 2 aliphatic rings. The molecule has 4 nitrogen and oxygen atoms in total. The number of likely N-dealkylation sites (N-methyl/N-ethyl adjacent to an activating group) is 1. The maximum atomic E-state index is 5.02. The molecule has 20 heavy (non-hydrogen) atoms. The fraction of sp³-hybridized carbons (Fsp3) is 0.800. The van der Waals surface area contributed by atoms with E-state index in [2.05, 4.69) is 29.1 Å². The van der Waals surface area contributed by atoms with Gasteiger partial charge in [-0.05, 0) is 46.8 Å². The van der Waals surface area contributed by atoms with Gasteiger partial charge in [-0.3, -0.25) is 0 Å². The second-order valence-electron chi connectivity index (χ2n) is 6.27. The van der Waals surface area contributed by atoms with Crippen LogP contribution in [-0.4, -0.2) is 49.7 Å². The predicted octanol–water partition coefficient (Wildman–Crippen LogP) is 2.27. The van der Waals surface area contributed by atoms with Crippen LogP contribution in [0.2, 0.25) is 0 Å². The maximum Gasteiger partial charge on any atom is 0.186 e. The van der Waals surface area contributed by atoms with Crippen molar-refractivity contribution >= 4 is 16.5 Å². The van der Waals surface area contributed by atoms with Crippen LogP contribution in [0.4, 0.5) is 5.13 Å². The highest BCUT2D eigenvalue weighted by Gasteiger charge is 2.31. The van der Waals surface area contributed by atoms with Crippen LogP contribution in [-0.2, 0) is 6.54 Å². The van der Waals surface area contributed by atoms with Crippen molar-refractivity contribution in [2.24, 2.45) is 0 Å². The average molecular weight is 294 g/mol. The van der Waals surface area contributed by atoms with Crippen molar-refractivity contribution < 1.29 is 0 Å². The minimum absolute atomic E-state index is 0.558. The summed E-state index contributed by atoms with van der Waals surface area (Å²) in [7, 11) is 4.25. The minimum atomic E-state index is 0.558. The average Bonchev–Trinajstić information content (AvgIpc) is 3.18. The van der Waals surface area contributed by atoms with E-state index < -0.39 is 0 Å². The van der Waals surface area contributed by atoms with Gasteiger partial charge < -0.3 is 15.1 Å². The first kappa shape index (κ1) is 14.3. The highest BCUT2D eigenvalue weighted by molar-refractivity contribution is 7.15. The van der Waals surface area contributed by atoms with E-state index in [4.69, 9.17) is 4.98 Å². The molecule has 1 saturated heterocycles. The molecule has 0 amide bonds. The monoisotopic (exact) mass is 294 g/mol. The molecule has 3 rings (SSSR count). The Labute approximate surface area is 126 Å². The molecule has 2 fully saturated rings. The molecule has 1 saturated carbocycles. The van der Waals surface area contributed by atoms with E-state index >= 15 is 0 Å². The van der Waals surface area contributed by atoms with Crippen LogP contribution >= 0.6 is 11.3 Å². The molecular weight excluding hydrogens is 268 g/mol. The summed E-state index contributed by atoms with van der Waals surface area (Å²) in [6.07, 6.45) is 3.90. The maximum absolute atomic E-state index is 5.02. The van der Waals surface area contributed by atoms with E-state index in [0.29, 0.717) is 6.04 Å². The third-order valence-corrected chi connectivity index (χ3v) is 5.42. The molecule has 0 aromatic carbocycles. The zero-order chi connectivity index (χ0) is 14.1. The normalized spacial score (nSPS) is 24.9. The van der Waals surface area contributed by atoms with Gasteiger partial charge in [0.05, 0.1) is 5.69 Å². The zero-order valence-electron chi connectivity index (χ0n) is 12.9. The Morgan fingerprint density at radius 2 is 2.15 bits per heavy atom. The quantitative estimate of drug-likeness (QED) is 0.923. The van der Waals surface area contributed by atoms with Crippen molar-refractivity contribution in [3.63, 3.8) is 0 Å². The highest BCUT2D eigenvalue weighted by Crippen LogP contribution is 2.44. The molecule has 1 atom stereocenters. The molecule has 1 N–H and O–H groups in total. The van der Waals surface area contributed by atoms with Crippen molar-refractivity contribution in [1.82, 2.24) is 15.2 Å². The first-order chi connectivity index (χ1) is 9.69. The second-order valence-corrected chi connectivity index (χ2v) is 7.33. The number of rotatable bonds is 4. The Balaban J connectivity index is 1.83. The summed E-state index contributed by atoms with van der Waals surface area (Å²) in [4.78, 5) is 11.4. The van der Waals surface area contributed by atoms with Gasteiger partial charge in [0.25, 0.3) is 0 Å². The first-order valence-electron chi connectivity index (χ1n) is 7.78. The molecule has 1 unspecified atom stereocenters. The van der Waals surface area contributed by atoms with E-state index in [0.717, 1.165) is 25.6 Å². The zero-order valence-corrected chi connectivity index (χ0v) is 13.7. The number of hydrogen-bond donors (Lipinski definition) is 1. The van der Waals surface area contributed by atoms with Crippen molar-refractivity contribution in [2.45, 2.75) is 44.7 Å². The van der Waals surface area contributed by atoms with Crippen molar-refractivity contribution in [3.8, 4) is 0 Å². The number of nitrogens with zero attached hydrogens (tertiary/aromatic N) is 3. The standard InChI is InChI=1S/C15H26N4S/c1-11-10-18(3)7-4-8-19(11)15-17-14(12-5-6-12)13(20-15)9-16-2/h11-12,16H,4-10H2,1-3H3. The number of nitrogens with one attached hydrogen (secondary N) is 1.